The fraction of sp³-hybridized carbons (Fsp3) is 0.588. The minimum Gasteiger partial charge on any atom is -0.491 e. The van der Waals surface area contributed by atoms with Gasteiger partial charge in [-0.15, -0.1) is 0 Å². The first-order valence-corrected chi connectivity index (χ1v) is 7.80. The maximum atomic E-state index is 13.8. The Morgan fingerprint density at radius 2 is 1.73 bits per heavy atom. The van der Waals surface area contributed by atoms with Crippen LogP contribution in [0, 0.1) is 17.6 Å². The summed E-state index contributed by atoms with van der Waals surface area (Å²) in [6.45, 7) is 0. The quantitative estimate of drug-likeness (QED) is 0.801. The van der Waals surface area contributed by atoms with Crippen molar-refractivity contribution in [2.45, 2.75) is 44.2 Å². The number of piperidine rings is 2. The topological polar surface area (TPSA) is 29.5 Å². The number of carbonyl (C=O) groups excluding carboxylic acids is 1. The van der Waals surface area contributed by atoms with Crippen LogP contribution in [0.15, 0.2) is 12.1 Å². The molecule has 2 aliphatic heterocycles. The van der Waals surface area contributed by atoms with Crippen molar-refractivity contribution in [1.82, 2.24) is 4.90 Å². The van der Waals surface area contributed by atoms with Crippen molar-refractivity contribution in [3.8, 4) is 5.75 Å². The standard InChI is InChI=1S/C17H21F2NO2/c1-20-12-4-3-5-13(20)7-10(6-12)16(21)11-8-14(18)17(22-2)15(19)9-11/h8-10,12-13H,3-7H2,1-2H3. The highest BCUT2D eigenvalue weighted by Gasteiger charge is 2.39. The molecular formula is C17H21F2NO2. The predicted molar refractivity (Wildman–Crippen MR) is 79.2 cm³/mol. The Morgan fingerprint density at radius 3 is 2.23 bits per heavy atom. The minimum absolute atomic E-state index is 0.114. The number of methoxy groups -OCH3 is 1. The molecule has 3 rings (SSSR count). The smallest absolute Gasteiger partial charge is 0.190 e. The fourth-order valence-electron chi connectivity index (χ4n) is 3.96. The van der Waals surface area contributed by atoms with Crippen LogP contribution in [0.25, 0.3) is 0 Å². The number of hydrogen-bond acceptors (Lipinski definition) is 3. The number of carbonyl (C=O) groups is 1. The normalized spacial score (nSPS) is 28.5. The summed E-state index contributed by atoms with van der Waals surface area (Å²) in [5.74, 6) is -2.36. The van der Waals surface area contributed by atoms with Gasteiger partial charge in [0.1, 0.15) is 0 Å². The number of fused-ring (bicyclic) bond motifs is 2. The molecule has 2 saturated heterocycles. The number of nitrogens with zero attached hydrogens (tertiary/aromatic N) is 1. The molecule has 1 aromatic rings. The molecule has 2 atom stereocenters. The largest absolute Gasteiger partial charge is 0.491 e. The van der Waals surface area contributed by atoms with E-state index in [1.807, 2.05) is 0 Å². The molecule has 2 fully saturated rings. The van der Waals surface area contributed by atoms with E-state index < -0.39 is 17.4 Å². The van der Waals surface area contributed by atoms with Crippen LogP contribution in [0.3, 0.4) is 0 Å². The van der Waals surface area contributed by atoms with Crippen LogP contribution < -0.4 is 4.74 Å². The summed E-state index contributed by atoms with van der Waals surface area (Å²) in [6.07, 6.45) is 4.96. The molecule has 0 spiro atoms. The van der Waals surface area contributed by atoms with Crippen LogP contribution in [0.4, 0.5) is 8.78 Å². The summed E-state index contributed by atoms with van der Waals surface area (Å²) in [6, 6.07) is 3.01. The van der Waals surface area contributed by atoms with E-state index in [1.54, 1.807) is 0 Å². The summed E-state index contributed by atoms with van der Waals surface area (Å²) >= 11 is 0. The molecule has 2 bridgehead atoms. The van der Waals surface area contributed by atoms with Crippen LogP contribution >= 0.6 is 0 Å². The molecular weight excluding hydrogens is 288 g/mol. The van der Waals surface area contributed by atoms with Crippen molar-refractivity contribution in [3.05, 3.63) is 29.3 Å². The Kier molecular flexibility index (Phi) is 4.17. The summed E-state index contributed by atoms with van der Waals surface area (Å²) in [5, 5.41) is 0. The molecule has 0 aliphatic carbocycles. The number of ether oxygens (including phenoxy) is 1. The zero-order valence-corrected chi connectivity index (χ0v) is 12.9. The maximum absolute atomic E-state index is 13.8. The van der Waals surface area contributed by atoms with E-state index in [9.17, 15) is 13.6 Å². The first kappa shape index (κ1) is 15.4. The molecule has 0 N–H and O–H groups in total. The zero-order valence-electron chi connectivity index (χ0n) is 12.9. The highest BCUT2D eigenvalue weighted by Crippen LogP contribution is 2.37. The second-order valence-corrected chi connectivity index (χ2v) is 6.41. The SMILES string of the molecule is COc1c(F)cc(C(=O)C2CC3CCCC(C2)N3C)cc1F. The second-order valence-electron chi connectivity index (χ2n) is 6.41. The van der Waals surface area contributed by atoms with E-state index in [1.165, 1.54) is 13.5 Å². The molecule has 3 nitrogen and oxygen atoms in total. The van der Waals surface area contributed by atoms with E-state index >= 15 is 0 Å². The summed E-state index contributed by atoms with van der Waals surface area (Å²) in [7, 11) is 3.32. The number of benzene rings is 1. The number of halogens is 2. The van der Waals surface area contributed by atoms with Gasteiger partial charge in [0.05, 0.1) is 7.11 Å². The third-order valence-corrected chi connectivity index (χ3v) is 5.20. The Balaban J connectivity index is 1.83. The summed E-state index contributed by atoms with van der Waals surface area (Å²) in [4.78, 5) is 15.0. The lowest BCUT2D eigenvalue weighted by Gasteiger charge is -2.46. The van der Waals surface area contributed by atoms with Gasteiger partial charge in [-0.05, 0) is 44.9 Å². The third-order valence-electron chi connectivity index (χ3n) is 5.20. The van der Waals surface area contributed by atoms with Gasteiger partial charge in [-0.3, -0.25) is 4.79 Å². The highest BCUT2D eigenvalue weighted by atomic mass is 19.1. The first-order chi connectivity index (χ1) is 10.5. The molecule has 2 heterocycles. The molecule has 0 saturated carbocycles. The fourth-order valence-corrected chi connectivity index (χ4v) is 3.96. The second kappa shape index (κ2) is 5.95. The number of Topliss-reactive ketones (excluding diaryl/α,β-unsaturated/α-hetero) is 1. The number of ketones is 1. The van der Waals surface area contributed by atoms with Crippen molar-refractivity contribution in [3.63, 3.8) is 0 Å². The van der Waals surface area contributed by atoms with Crippen LogP contribution in [0.2, 0.25) is 0 Å². The molecule has 1 aromatic carbocycles. The van der Waals surface area contributed by atoms with E-state index in [0.717, 1.165) is 37.8 Å². The van der Waals surface area contributed by atoms with Crippen molar-refractivity contribution < 1.29 is 18.3 Å². The van der Waals surface area contributed by atoms with Gasteiger partial charge >= 0.3 is 0 Å². The molecule has 0 aromatic heterocycles. The summed E-state index contributed by atoms with van der Waals surface area (Å²) in [5.41, 5.74) is 0.114. The van der Waals surface area contributed by atoms with Gasteiger partial charge in [0.25, 0.3) is 0 Å². The highest BCUT2D eigenvalue weighted by molar-refractivity contribution is 5.98. The van der Waals surface area contributed by atoms with Gasteiger partial charge in [0.2, 0.25) is 0 Å². The van der Waals surface area contributed by atoms with Crippen LogP contribution in [0.1, 0.15) is 42.5 Å². The van der Waals surface area contributed by atoms with Crippen molar-refractivity contribution in [2.75, 3.05) is 14.2 Å². The Bertz CT molecular complexity index is 553. The average Bonchev–Trinajstić information content (AvgIpc) is 2.46. The van der Waals surface area contributed by atoms with Gasteiger partial charge in [-0.2, -0.15) is 0 Å². The molecule has 2 unspecified atom stereocenters. The van der Waals surface area contributed by atoms with E-state index in [4.69, 9.17) is 0 Å². The van der Waals surface area contributed by atoms with Gasteiger partial charge in [-0.1, -0.05) is 6.42 Å². The van der Waals surface area contributed by atoms with Crippen LogP contribution in [-0.4, -0.2) is 36.9 Å². The van der Waals surface area contributed by atoms with Gasteiger partial charge in [0.15, 0.2) is 23.2 Å². The lowest BCUT2D eigenvalue weighted by molar-refractivity contribution is 0.0338. The monoisotopic (exact) mass is 309 g/mol. The van der Waals surface area contributed by atoms with E-state index in [-0.39, 0.29) is 17.3 Å². The molecule has 2 aliphatic rings. The van der Waals surface area contributed by atoms with Gasteiger partial charge < -0.3 is 9.64 Å². The predicted octanol–water partition coefficient (Wildman–Crippen LogP) is 3.42. The van der Waals surface area contributed by atoms with Gasteiger partial charge in [-0.25, -0.2) is 8.78 Å². The lowest BCUT2D eigenvalue weighted by Crippen LogP contribution is -2.51. The lowest BCUT2D eigenvalue weighted by atomic mass is 9.76. The number of rotatable bonds is 3. The molecule has 0 radical (unpaired) electrons. The van der Waals surface area contributed by atoms with Crippen molar-refractivity contribution in [2.24, 2.45) is 5.92 Å². The molecule has 5 heteroatoms. The molecule has 120 valence electrons. The Labute approximate surface area is 129 Å². The maximum Gasteiger partial charge on any atom is 0.190 e. The van der Waals surface area contributed by atoms with E-state index in [2.05, 4.69) is 16.7 Å². The molecule has 22 heavy (non-hydrogen) atoms. The minimum atomic E-state index is -0.820. The summed E-state index contributed by atoms with van der Waals surface area (Å²) < 4.78 is 32.3. The average molecular weight is 309 g/mol. The van der Waals surface area contributed by atoms with Crippen molar-refractivity contribution in [1.29, 1.82) is 0 Å². The Hall–Kier alpha value is -1.49. The van der Waals surface area contributed by atoms with Gasteiger partial charge in [0, 0.05) is 23.6 Å². The molecule has 0 amide bonds. The third kappa shape index (κ3) is 2.62. The van der Waals surface area contributed by atoms with Crippen LogP contribution in [-0.2, 0) is 0 Å². The first-order valence-electron chi connectivity index (χ1n) is 7.80. The van der Waals surface area contributed by atoms with Crippen molar-refractivity contribution >= 4 is 5.78 Å². The van der Waals surface area contributed by atoms with E-state index in [0.29, 0.717) is 12.1 Å². The van der Waals surface area contributed by atoms with Crippen LogP contribution in [0.5, 0.6) is 5.75 Å². The Morgan fingerprint density at radius 1 is 1.18 bits per heavy atom. The zero-order chi connectivity index (χ0) is 15.9. The number of hydrogen-bond donors (Lipinski definition) is 0.